The molecule has 0 fully saturated rings. The third-order valence-electron chi connectivity index (χ3n) is 2.97. The molecule has 0 aliphatic rings. The fourth-order valence-electron chi connectivity index (χ4n) is 1.92. The predicted octanol–water partition coefficient (Wildman–Crippen LogP) is 4.37. The Bertz CT molecular complexity index is 681. The Balaban J connectivity index is 2.24. The van der Waals surface area contributed by atoms with E-state index in [0.717, 1.165) is 20.2 Å². The number of rotatable bonds is 4. The first-order valence-corrected chi connectivity index (χ1v) is 7.75. The van der Waals surface area contributed by atoms with Gasteiger partial charge >= 0.3 is 0 Å². The molecule has 0 radical (unpaired) electrons. The summed E-state index contributed by atoms with van der Waals surface area (Å²) in [5.41, 5.74) is 7.80. The molecule has 3 N–H and O–H groups in total. The van der Waals surface area contributed by atoms with Gasteiger partial charge in [-0.05, 0) is 74.7 Å². The second-order valence-electron chi connectivity index (χ2n) is 4.63. The lowest BCUT2D eigenvalue weighted by Crippen LogP contribution is -2.12. The van der Waals surface area contributed by atoms with Crippen LogP contribution in [0.25, 0.3) is 0 Å². The number of halogens is 3. The van der Waals surface area contributed by atoms with E-state index in [2.05, 4.69) is 37.2 Å². The number of carbonyl (C=O) groups excluding carboxylic acids is 1. The average molecular weight is 416 g/mol. The number of hydrogen-bond acceptors (Lipinski definition) is 2. The van der Waals surface area contributed by atoms with Gasteiger partial charge in [0, 0.05) is 26.6 Å². The molecule has 0 spiro atoms. The summed E-state index contributed by atoms with van der Waals surface area (Å²) in [5.74, 6) is -0.958. The topological polar surface area (TPSA) is 55.1 Å². The van der Waals surface area contributed by atoms with E-state index in [0.29, 0.717) is 5.56 Å². The van der Waals surface area contributed by atoms with Crippen molar-refractivity contribution in [2.75, 3.05) is 5.32 Å². The van der Waals surface area contributed by atoms with Gasteiger partial charge in [0.15, 0.2) is 0 Å². The van der Waals surface area contributed by atoms with Gasteiger partial charge < -0.3 is 11.1 Å². The van der Waals surface area contributed by atoms with Crippen molar-refractivity contribution in [1.82, 2.24) is 0 Å². The smallest absolute Gasteiger partial charge is 0.248 e. The van der Waals surface area contributed by atoms with E-state index in [-0.39, 0.29) is 17.9 Å². The molecule has 0 saturated carbocycles. The molecular weight excluding hydrogens is 403 g/mol. The molecule has 6 heteroatoms. The highest BCUT2D eigenvalue weighted by Gasteiger charge is 2.10. The van der Waals surface area contributed by atoms with Gasteiger partial charge in [-0.25, -0.2) is 4.39 Å². The second kappa shape index (κ2) is 6.58. The van der Waals surface area contributed by atoms with Gasteiger partial charge in [0.25, 0.3) is 0 Å². The molecule has 0 unspecified atom stereocenters. The minimum atomic E-state index is -0.575. The maximum atomic E-state index is 13.8. The Morgan fingerprint density at radius 2 is 1.86 bits per heavy atom. The standard InChI is InChI=1S/C15H13Br2FN2O/c1-8-4-11(16)14(12(17)5-8)20-7-10-6-9(15(19)21)2-3-13(10)18/h2-6,20H,7H2,1H3,(H2,19,21). The summed E-state index contributed by atoms with van der Waals surface area (Å²) in [5, 5.41) is 3.15. The highest BCUT2D eigenvalue weighted by Crippen LogP contribution is 2.32. The normalized spacial score (nSPS) is 10.5. The zero-order valence-electron chi connectivity index (χ0n) is 11.2. The van der Waals surface area contributed by atoms with Crippen molar-refractivity contribution in [3.63, 3.8) is 0 Å². The molecule has 0 saturated heterocycles. The fourth-order valence-corrected chi connectivity index (χ4v) is 3.61. The van der Waals surface area contributed by atoms with Gasteiger partial charge in [-0.15, -0.1) is 0 Å². The number of aryl methyl sites for hydroxylation is 1. The van der Waals surface area contributed by atoms with E-state index >= 15 is 0 Å². The van der Waals surface area contributed by atoms with Crippen LogP contribution in [0.15, 0.2) is 39.3 Å². The lowest BCUT2D eigenvalue weighted by atomic mass is 10.1. The van der Waals surface area contributed by atoms with E-state index in [1.54, 1.807) is 0 Å². The predicted molar refractivity (Wildman–Crippen MR) is 88.8 cm³/mol. The number of hydrogen-bond donors (Lipinski definition) is 2. The van der Waals surface area contributed by atoms with Crippen molar-refractivity contribution >= 4 is 43.5 Å². The van der Waals surface area contributed by atoms with Crippen LogP contribution in [-0.4, -0.2) is 5.91 Å². The van der Waals surface area contributed by atoms with E-state index in [1.165, 1.54) is 18.2 Å². The Hall–Kier alpha value is -1.40. The van der Waals surface area contributed by atoms with Crippen LogP contribution in [0, 0.1) is 12.7 Å². The minimum absolute atomic E-state index is 0.243. The molecule has 110 valence electrons. The number of nitrogens with two attached hydrogens (primary N) is 1. The molecule has 2 aromatic carbocycles. The molecule has 0 bridgehead atoms. The third kappa shape index (κ3) is 3.83. The van der Waals surface area contributed by atoms with E-state index in [1.807, 2.05) is 19.1 Å². The Morgan fingerprint density at radius 3 is 2.43 bits per heavy atom. The van der Waals surface area contributed by atoms with Crippen LogP contribution in [-0.2, 0) is 6.54 Å². The van der Waals surface area contributed by atoms with Crippen LogP contribution in [0.2, 0.25) is 0 Å². The van der Waals surface area contributed by atoms with Gasteiger partial charge in [-0.3, -0.25) is 4.79 Å². The summed E-state index contributed by atoms with van der Waals surface area (Å²) in [6.07, 6.45) is 0. The SMILES string of the molecule is Cc1cc(Br)c(NCc2cc(C(N)=O)ccc2F)c(Br)c1. The van der Waals surface area contributed by atoms with Crippen molar-refractivity contribution in [3.8, 4) is 0 Å². The van der Waals surface area contributed by atoms with Crippen LogP contribution in [0.1, 0.15) is 21.5 Å². The van der Waals surface area contributed by atoms with Crippen LogP contribution in [0.3, 0.4) is 0 Å². The first-order chi connectivity index (χ1) is 9.88. The molecular formula is C15H13Br2FN2O. The van der Waals surface area contributed by atoms with Crippen LogP contribution < -0.4 is 11.1 Å². The van der Waals surface area contributed by atoms with Gasteiger partial charge in [0.05, 0.1) is 5.69 Å². The average Bonchev–Trinajstić information content (AvgIpc) is 2.39. The van der Waals surface area contributed by atoms with Crippen LogP contribution in [0.5, 0.6) is 0 Å². The van der Waals surface area contributed by atoms with Crippen molar-refractivity contribution < 1.29 is 9.18 Å². The maximum Gasteiger partial charge on any atom is 0.248 e. The number of primary amides is 1. The first kappa shape index (κ1) is 16.0. The Labute approximate surface area is 139 Å². The second-order valence-corrected chi connectivity index (χ2v) is 6.34. The molecule has 21 heavy (non-hydrogen) atoms. The number of carbonyl (C=O) groups is 1. The van der Waals surface area contributed by atoms with Crippen molar-refractivity contribution in [1.29, 1.82) is 0 Å². The Morgan fingerprint density at radius 1 is 1.24 bits per heavy atom. The minimum Gasteiger partial charge on any atom is -0.379 e. The summed E-state index contributed by atoms with van der Waals surface area (Å²) in [4.78, 5) is 11.1. The molecule has 2 aromatic rings. The van der Waals surface area contributed by atoms with E-state index in [9.17, 15) is 9.18 Å². The zero-order valence-corrected chi connectivity index (χ0v) is 14.4. The van der Waals surface area contributed by atoms with Gasteiger partial charge in [0.2, 0.25) is 5.91 Å². The maximum absolute atomic E-state index is 13.8. The summed E-state index contributed by atoms with van der Waals surface area (Å²) in [6, 6.07) is 8.00. The molecule has 0 aliphatic carbocycles. The number of benzene rings is 2. The molecule has 1 amide bonds. The lowest BCUT2D eigenvalue weighted by Gasteiger charge is -2.13. The lowest BCUT2D eigenvalue weighted by molar-refractivity contribution is 0.1000. The third-order valence-corrected chi connectivity index (χ3v) is 4.22. The number of nitrogens with one attached hydrogen (secondary N) is 1. The highest BCUT2D eigenvalue weighted by atomic mass is 79.9. The number of anilines is 1. The zero-order chi connectivity index (χ0) is 15.6. The highest BCUT2D eigenvalue weighted by molar-refractivity contribution is 9.11. The van der Waals surface area contributed by atoms with E-state index in [4.69, 9.17) is 5.73 Å². The molecule has 0 heterocycles. The molecule has 0 aromatic heterocycles. The molecule has 0 aliphatic heterocycles. The summed E-state index contributed by atoms with van der Waals surface area (Å²) >= 11 is 6.93. The molecule has 2 rings (SSSR count). The van der Waals surface area contributed by atoms with Crippen LogP contribution >= 0.6 is 31.9 Å². The largest absolute Gasteiger partial charge is 0.379 e. The quantitative estimate of drug-likeness (QED) is 0.778. The summed E-state index contributed by atoms with van der Waals surface area (Å²) in [6.45, 7) is 2.22. The van der Waals surface area contributed by atoms with Crippen LogP contribution in [0.4, 0.5) is 10.1 Å². The molecule has 3 nitrogen and oxygen atoms in total. The van der Waals surface area contributed by atoms with E-state index < -0.39 is 5.91 Å². The molecule has 0 atom stereocenters. The monoisotopic (exact) mass is 414 g/mol. The van der Waals surface area contributed by atoms with Gasteiger partial charge in [0.1, 0.15) is 5.82 Å². The number of amides is 1. The summed E-state index contributed by atoms with van der Waals surface area (Å²) < 4.78 is 15.5. The van der Waals surface area contributed by atoms with Crippen molar-refractivity contribution in [2.45, 2.75) is 13.5 Å². The van der Waals surface area contributed by atoms with Gasteiger partial charge in [-0.1, -0.05) is 0 Å². The first-order valence-electron chi connectivity index (χ1n) is 6.16. The van der Waals surface area contributed by atoms with Crippen molar-refractivity contribution in [3.05, 3.63) is 61.8 Å². The van der Waals surface area contributed by atoms with Crippen molar-refractivity contribution in [2.24, 2.45) is 5.73 Å². The summed E-state index contributed by atoms with van der Waals surface area (Å²) in [7, 11) is 0. The Kier molecular flexibility index (Phi) is 5.00. The van der Waals surface area contributed by atoms with Gasteiger partial charge in [-0.2, -0.15) is 0 Å². The fraction of sp³-hybridized carbons (Fsp3) is 0.133.